The maximum Gasteiger partial charge on any atom is 0.433 e. The number of alkyl halides is 3. The fraction of sp³-hybridized carbons (Fsp3) is 0.375. The van der Waals surface area contributed by atoms with Gasteiger partial charge in [0.05, 0.1) is 0 Å². The van der Waals surface area contributed by atoms with Crippen molar-refractivity contribution in [1.29, 1.82) is 0 Å². The average molecular weight is 263 g/mol. The van der Waals surface area contributed by atoms with E-state index in [1.807, 2.05) is 0 Å². The second-order valence-electron chi connectivity index (χ2n) is 2.58. The Bertz CT molecular complexity index is 291. The van der Waals surface area contributed by atoms with Crippen molar-refractivity contribution in [1.82, 2.24) is 10.3 Å². The highest BCUT2D eigenvalue weighted by Gasteiger charge is 2.32. The molecule has 0 saturated carbocycles. The van der Waals surface area contributed by atoms with Gasteiger partial charge < -0.3 is 5.32 Å². The molecule has 1 heterocycles. The summed E-state index contributed by atoms with van der Waals surface area (Å²) in [7, 11) is 1.67. The van der Waals surface area contributed by atoms with Gasteiger partial charge in [-0.25, -0.2) is 0 Å². The molecule has 7 heteroatoms. The molecule has 0 atom stereocenters. The molecule has 1 aromatic heterocycles. The zero-order valence-corrected chi connectivity index (χ0v) is 9.47. The maximum atomic E-state index is 12.1. The zero-order valence-electron chi connectivity index (χ0n) is 7.84. The Morgan fingerprint density at radius 1 is 1.33 bits per heavy atom. The number of pyridine rings is 1. The minimum atomic E-state index is -4.36. The van der Waals surface area contributed by atoms with Gasteiger partial charge in [0.2, 0.25) is 0 Å². The first kappa shape index (κ1) is 16.9. The van der Waals surface area contributed by atoms with E-state index in [1.165, 1.54) is 0 Å². The van der Waals surface area contributed by atoms with E-state index in [4.69, 9.17) is 0 Å². The summed E-state index contributed by atoms with van der Waals surface area (Å²) in [6.45, 7) is 0.408. The minimum absolute atomic E-state index is 0. The number of aromatic nitrogens is 1. The molecule has 0 bridgehead atoms. The lowest BCUT2D eigenvalue weighted by Crippen LogP contribution is -2.10. The second kappa shape index (κ2) is 6.87. The van der Waals surface area contributed by atoms with Crippen LogP contribution >= 0.6 is 24.8 Å². The molecule has 0 aliphatic carbocycles. The molecule has 1 N–H and O–H groups in total. The van der Waals surface area contributed by atoms with E-state index >= 15 is 0 Å². The molecule has 88 valence electrons. The van der Waals surface area contributed by atoms with E-state index in [2.05, 4.69) is 10.3 Å². The van der Waals surface area contributed by atoms with Gasteiger partial charge in [-0.2, -0.15) is 13.2 Å². The number of nitrogens with zero attached hydrogens (tertiary/aromatic N) is 1. The lowest BCUT2D eigenvalue weighted by Gasteiger charge is -2.06. The smallest absolute Gasteiger partial charge is 0.316 e. The molecule has 0 unspecified atom stereocenters. The molecule has 1 rings (SSSR count). The molecule has 0 fully saturated rings. The third-order valence-corrected chi connectivity index (χ3v) is 1.50. The zero-order chi connectivity index (χ0) is 9.90. The summed E-state index contributed by atoms with van der Waals surface area (Å²) >= 11 is 0. The van der Waals surface area contributed by atoms with Gasteiger partial charge in [-0.05, 0) is 24.7 Å². The highest BCUT2D eigenvalue weighted by Crippen LogP contribution is 2.27. The fourth-order valence-corrected chi connectivity index (χ4v) is 0.943. The fourth-order valence-electron chi connectivity index (χ4n) is 0.943. The van der Waals surface area contributed by atoms with Crippen LogP contribution in [0, 0.1) is 0 Å². The van der Waals surface area contributed by atoms with E-state index in [0.29, 0.717) is 12.1 Å². The van der Waals surface area contributed by atoms with Gasteiger partial charge in [-0.1, -0.05) is 0 Å². The van der Waals surface area contributed by atoms with E-state index in [1.54, 1.807) is 13.1 Å². The largest absolute Gasteiger partial charge is 0.433 e. The van der Waals surface area contributed by atoms with Crippen LogP contribution in [0.15, 0.2) is 18.3 Å². The molecular formula is C8H11Cl2F3N2. The van der Waals surface area contributed by atoms with Crippen LogP contribution in [0.2, 0.25) is 0 Å². The lowest BCUT2D eigenvalue weighted by molar-refractivity contribution is -0.141. The van der Waals surface area contributed by atoms with E-state index in [0.717, 1.165) is 12.3 Å². The summed E-state index contributed by atoms with van der Waals surface area (Å²) in [5.41, 5.74) is -0.273. The molecule has 1 aromatic rings. The molecule has 15 heavy (non-hydrogen) atoms. The van der Waals surface area contributed by atoms with E-state index in [-0.39, 0.29) is 24.8 Å². The minimum Gasteiger partial charge on any atom is -0.316 e. The Morgan fingerprint density at radius 2 is 1.93 bits per heavy atom. The topological polar surface area (TPSA) is 24.9 Å². The molecule has 0 saturated heterocycles. The van der Waals surface area contributed by atoms with E-state index < -0.39 is 11.9 Å². The third-order valence-electron chi connectivity index (χ3n) is 1.50. The van der Waals surface area contributed by atoms with Crippen molar-refractivity contribution < 1.29 is 13.2 Å². The molecule has 0 aromatic carbocycles. The summed E-state index contributed by atoms with van der Waals surface area (Å²) in [6, 6.07) is 2.59. The lowest BCUT2D eigenvalue weighted by atomic mass is 10.2. The van der Waals surface area contributed by atoms with Crippen molar-refractivity contribution in [3.8, 4) is 0 Å². The van der Waals surface area contributed by atoms with Crippen LogP contribution in [0.3, 0.4) is 0 Å². The van der Waals surface area contributed by atoms with Crippen LogP contribution in [0.4, 0.5) is 13.2 Å². The van der Waals surface area contributed by atoms with Crippen molar-refractivity contribution in [2.75, 3.05) is 7.05 Å². The Hall–Kier alpha value is -0.520. The van der Waals surface area contributed by atoms with Crippen molar-refractivity contribution >= 4 is 24.8 Å². The maximum absolute atomic E-state index is 12.1. The van der Waals surface area contributed by atoms with Gasteiger partial charge >= 0.3 is 6.18 Å². The quantitative estimate of drug-likeness (QED) is 0.887. The van der Waals surface area contributed by atoms with Gasteiger partial charge in [0.15, 0.2) is 0 Å². The van der Waals surface area contributed by atoms with Crippen LogP contribution in [0.5, 0.6) is 0 Å². The summed E-state index contributed by atoms with van der Waals surface area (Å²) in [5, 5.41) is 2.77. The highest BCUT2D eigenvalue weighted by molar-refractivity contribution is 5.85. The Kier molecular flexibility index (Phi) is 7.74. The van der Waals surface area contributed by atoms with Crippen LogP contribution < -0.4 is 5.32 Å². The molecular weight excluding hydrogens is 252 g/mol. The van der Waals surface area contributed by atoms with Crippen molar-refractivity contribution in [2.24, 2.45) is 0 Å². The van der Waals surface area contributed by atoms with Crippen molar-refractivity contribution in [3.05, 3.63) is 29.6 Å². The van der Waals surface area contributed by atoms with E-state index in [9.17, 15) is 13.2 Å². The summed E-state index contributed by atoms with van der Waals surface area (Å²) < 4.78 is 36.4. The van der Waals surface area contributed by atoms with Crippen LogP contribution in [0.25, 0.3) is 0 Å². The Labute approximate surface area is 98.1 Å². The monoisotopic (exact) mass is 262 g/mol. The number of hydrogen-bond acceptors (Lipinski definition) is 2. The second-order valence-corrected chi connectivity index (χ2v) is 2.58. The molecule has 2 nitrogen and oxygen atoms in total. The molecule has 0 radical (unpaired) electrons. The molecule has 0 amide bonds. The standard InChI is InChI=1S/C8H9F3N2.2ClH/c1-12-5-6-2-3-13-7(4-6)8(9,10)11;;/h2-4,12H,5H2,1H3;2*1H. The normalized spacial score (nSPS) is 10.1. The SMILES string of the molecule is CNCc1ccnc(C(F)(F)F)c1.Cl.Cl. The number of halogens is 5. The summed E-state index contributed by atoms with van der Waals surface area (Å²) in [5.74, 6) is 0. The van der Waals surface area contributed by atoms with Gasteiger partial charge in [0.1, 0.15) is 5.69 Å². The first-order valence-electron chi connectivity index (χ1n) is 3.71. The molecule has 0 aliphatic heterocycles. The Balaban J connectivity index is 0. The number of nitrogens with one attached hydrogen (secondary N) is 1. The van der Waals surface area contributed by atoms with Crippen molar-refractivity contribution in [3.63, 3.8) is 0 Å². The average Bonchev–Trinajstić information content (AvgIpc) is 2.04. The van der Waals surface area contributed by atoms with Crippen LogP contribution in [-0.2, 0) is 12.7 Å². The van der Waals surface area contributed by atoms with Crippen LogP contribution in [0.1, 0.15) is 11.3 Å². The van der Waals surface area contributed by atoms with Gasteiger partial charge in [-0.3, -0.25) is 4.98 Å². The first-order valence-corrected chi connectivity index (χ1v) is 3.71. The predicted octanol–water partition coefficient (Wildman–Crippen LogP) is 2.66. The molecule has 0 aliphatic rings. The van der Waals surface area contributed by atoms with Gasteiger partial charge in [0, 0.05) is 12.7 Å². The third kappa shape index (κ3) is 5.20. The highest BCUT2D eigenvalue weighted by atomic mass is 35.5. The van der Waals surface area contributed by atoms with Crippen molar-refractivity contribution in [2.45, 2.75) is 12.7 Å². The first-order chi connectivity index (χ1) is 6.04. The summed E-state index contributed by atoms with van der Waals surface area (Å²) in [6.07, 6.45) is -3.20. The summed E-state index contributed by atoms with van der Waals surface area (Å²) in [4.78, 5) is 3.24. The van der Waals surface area contributed by atoms with Crippen LogP contribution in [-0.4, -0.2) is 12.0 Å². The predicted molar refractivity (Wildman–Crippen MR) is 56.5 cm³/mol. The Morgan fingerprint density at radius 3 is 2.40 bits per heavy atom. The van der Waals surface area contributed by atoms with Gasteiger partial charge in [0.25, 0.3) is 0 Å². The number of hydrogen-bond donors (Lipinski definition) is 1. The number of rotatable bonds is 2. The molecule has 0 spiro atoms. The van der Waals surface area contributed by atoms with Gasteiger partial charge in [-0.15, -0.1) is 24.8 Å².